The van der Waals surface area contributed by atoms with E-state index in [0.717, 1.165) is 6.42 Å². The van der Waals surface area contributed by atoms with Crippen LogP contribution in [0.15, 0.2) is 0 Å². The van der Waals surface area contributed by atoms with Crippen molar-refractivity contribution in [2.24, 2.45) is 5.73 Å². The van der Waals surface area contributed by atoms with Gasteiger partial charge in [-0.1, -0.05) is 13.3 Å². The number of hydrogen-bond acceptors (Lipinski definition) is 3. The molecule has 0 aromatic rings. The number of rotatable bonds is 6. The van der Waals surface area contributed by atoms with Gasteiger partial charge in [0.05, 0.1) is 12.1 Å². The first-order valence-electron chi connectivity index (χ1n) is 5.21. The van der Waals surface area contributed by atoms with Crippen molar-refractivity contribution in [3.8, 4) is 0 Å². The molecule has 14 heavy (non-hydrogen) atoms. The highest BCUT2D eigenvalue weighted by Gasteiger charge is 2.15. The third kappa shape index (κ3) is 5.94. The maximum Gasteiger partial charge on any atom is 0.237 e. The molecule has 0 bridgehead atoms. The van der Waals surface area contributed by atoms with E-state index in [2.05, 4.69) is 5.32 Å². The van der Waals surface area contributed by atoms with Gasteiger partial charge in [-0.05, 0) is 26.7 Å². The standard InChI is InChI=1S/C10H22N2O2/c1-4-5-9(11)10(14)12-7(2)6-8(3)13/h7-9,13H,4-6,11H2,1-3H3,(H,12,14)/t7?,8?,9-/m0/s1. The summed E-state index contributed by atoms with van der Waals surface area (Å²) < 4.78 is 0. The molecule has 4 N–H and O–H groups in total. The molecule has 0 aromatic carbocycles. The van der Waals surface area contributed by atoms with Crippen molar-refractivity contribution >= 4 is 5.91 Å². The summed E-state index contributed by atoms with van der Waals surface area (Å²) in [6.45, 7) is 5.56. The minimum Gasteiger partial charge on any atom is -0.393 e. The summed E-state index contributed by atoms with van der Waals surface area (Å²) in [5, 5.41) is 11.9. The normalized spacial score (nSPS) is 17.2. The van der Waals surface area contributed by atoms with Crippen molar-refractivity contribution in [2.45, 2.75) is 58.2 Å². The summed E-state index contributed by atoms with van der Waals surface area (Å²) in [7, 11) is 0. The van der Waals surface area contributed by atoms with Crippen LogP contribution in [0.25, 0.3) is 0 Å². The predicted octanol–water partition coefficient (Wildman–Crippen LogP) is 0.389. The van der Waals surface area contributed by atoms with Crippen LogP contribution in [-0.4, -0.2) is 29.2 Å². The summed E-state index contributed by atoms with van der Waals surface area (Å²) in [6, 6.07) is -0.443. The highest BCUT2D eigenvalue weighted by molar-refractivity contribution is 5.81. The Labute approximate surface area is 85.9 Å². The second-order valence-corrected chi connectivity index (χ2v) is 3.89. The molecule has 0 radical (unpaired) electrons. The summed E-state index contributed by atoms with van der Waals surface area (Å²) in [5.74, 6) is -0.125. The maximum absolute atomic E-state index is 11.4. The average molecular weight is 202 g/mol. The number of aliphatic hydroxyl groups is 1. The molecule has 4 heteroatoms. The van der Waals surface area contributed by atoms with Gasteiger partial charge in [0.1, 0.15) is 0 Å². The van der Waals surface area contributed by atoms with Crippen LogP contribution < -0.4 is 11.1 Å². The highest BCUT2D eigenvalue weighted by Crippen LogP contribution is 1.99. The molecule has 1 amide bonds. The quantitative estimate of drug-likeness (QED) is 0.583. The molecule has 0 saturated carbocycles. The number of aliphatic hydroxyl groups excluding tert-OH is 1. The number of nitrogens with one attached hydrogen (secondary N) is 1. The molecule has 0 heterocycles. The van der Waals surface area contributed by atoms with E-state index in [-0.39, 0.29) is 11.9 Å². The first-order valence-corrected chi connectivity index (χ1v) is 5.21. The van der Waals surface area contributed by atoms with Gasteiger partial charge < -0.3 is 16.2 Å². The lowest BCUT2D eigenvalue weighted by Crippen LogP contribution is -2.45. The average Bonchev–Trinajstić information content (AvgIpc) is 2.02. The molecule has 2 unspecified atom stereocenters. The Morgan fingerprint density at radius 3 is 2.50 bits per heavy atom. The lowest BCUT2D eigenvalue weighted by atomic mass is 10.1. The van der Waals surface area contributed by atoms with Crippen molar-refractivity contribution in [1.82, 2.24) is 5.32 Å². The Balaban J connectivity index is 3.80. The van der Waals surface area contributed by atoms with E-state index in [9.17, 15) is 4.79 Å². The minimum atomic E-state index is -0.420. The van der Waals surface area contributed by atoms with Gasteiger partial charge in [0, 0.05) is 6.04 Å². The largest absolute Gasteiger partial charge is 0.393 e. The van der Waals surface area contributed by atoms with Gasteiger partial charge in [0.15, 0.2) is 0 Å². The van der Waals surface area contributed by atoms with Gasteiger partial charge in [-0.15, -0.1) is 0 Å². The first-order chi connectivity index (χ1) is 6.47. The lowest BCUT2D eigenvalue weighted by molar-refractivity contribution is -0.123. The van der Waals surface area contributed by atoms with E-state index in [1.165, 1.54) is 0 Å². The minimum absolute atomic E-state index is 0.0228. The Bertz CT molecular complexity index is 172. The molecule has 3 atom stereocenters. The van der Waals surface area contributed by atoms with Gasteiger partial charge in [0.2, 0.25) is 5.91 Å². The third-order valence-corrected chi connectivity index (χ3v) is 2.02. The maximum atomic E-state index is 11.4. The van der Waals surface area contributed by atoms with Crippen LogP contribution in [0.4, 0.5) is 0 Å². The number of carbonyl (C=O) groups is 1. The number of nitrogens with two attached hydrogens (primary N) is 1. The van der Waals surface area contributed by atoms with Gasteiger partial charge in [-0.3, -0.25) is 4.79 Å². The fourth-order valence-corrected chi connectivity index (χ4v) is 1.36. The van der Waals surface area contributed by atoms with E-state index in [0.29, 0.717) is 12.8 Å². The topological polar surface area (TPSA) is 75.4 Å². The zero-order chi connectivity index (χ0) is 11.1. The van der Waals surface area contributed by atoms with Crippen molar-refractivity contribution in [2.75, 3.05) is 0 Å². The fraction of sp³-hybridized carbons (Fsp3) is 0.900. The van der Waals surface area contributed by atoms with Crippen LogP contribution in [0.2, 0.25) is 0 Å². The van der Waals surface area contributed by atoms with Gasteiger partial charge in [-0.25, -0.2) is 0 Å². The SMILES string of the molecule is CCC[C@H](N)C(=O)NC(C)CC(C)O. The van der Waals surface area contributed by atoms with E-state index in [1.807, 2.05) is 13.8 Å². The molecule has 0 aliphatic rings. The van der Waals surface area contributed by atoms with Crippen LogP contribution in [0.3, 0.4) is 0 Å². The highest BCUT2D eigenvalue weighted by atomic mass is 16.3. The third-order valence-electron chi connectivity index (χ3n) is 2.02. The van der Waals surface area contributed by atoms with Crippen LogP contribution >= 0.6 is 0 Å². The van der Waals surface area contributed by atoms with Crippen molar-refractivity contribution in [3.63, 3.8) is 0 Å². The van der Waals surface area contributed by atoms with Crippen LogP contribution in [-0.2, 0) is 4.79 Å². The van der Waals surface area contributed by atoms with E-state index >= 15 is 0 Å². The Morgan fingerprint density at radius 2 is 2.07 bits per heavy atom. The Morgan fingerprint density at radius 1 is 1.50 bits per heavy atom. The summed E-state index contributed by atoms with van der Waals surface area (Å²) in [5.41, 5.74) is 5.63. The van der Waals surface area contributed by atoms with E-state index < -0.39 is 12.1 Å². The molecule has 4 nitrogen and oxygen atoms in total. The molecular weight excluding hydrogens is 180 g/mol. The second kappa shape index (κ2) is 6.79. The molecule has 0 aromatic heterocycles. The number of carbonyl (C=O) groups excluding carboxylic acids is 1. The molecule has 0 spiro atoms. The number of hydrogen-bond donors (Lipinski definition) is 3. The molecule has 0 aliphatic heterocycles. The zero-order valence-electron chi connectivity index (χ0n) is 9.29. The first kappa shape index (κ1) is 13.4. The van der Waals surface area contributed by atoms with Crippen molar-refractivity contribution < 1.29 is 9.90 Å². The summed E-state index contributed by atoms with van der Waals surface area (Å²) in [6.07, 6.45) is 1.77. The molecular formula is C10H22N2O2. The fourth-order valence-electron chi connectivity index (χ4n) is 1.36. The summed E-state index contributed by atoms with van der Waals surface area (Å²) in [4.78, 5) is 11.4. The van der Waals surface area contributed by atoms with Crippen molar-refractivity contribution in [1.29, 1.82) is 0 Å². The molecule has 0 saturated heterocycles. The lowest BCUT2D eigenvalue weighted by Gasteiger charge is -2.18. The smallest absolute Gasteiger partial charge is 0.237 e. The zero-order valence-corrected chi connectivity index (χ0v) is 9.29. The molecule has 0 rings (SSSR count). The van der Waals surface area contributed by atoms with Gasteiger partial charge in [0.25, 0.3) is 0 Å². The van der Waals surface area contributed by atoms with Crippen LogP contribution in [0.1, 0.15) is 40.0 Å². The molecule has 84 valence electrons. The monoisotopic (exact) mass is 202 g/mol. The van der Waals surface area contributed by atoms with E-state index in [1.54, 1.807) is 6.92 Å². The Kier molecular flexibility index (Phi) is 6.49. The molecule has 0 fully saturated rings. The Hall–Kier alpha value is -0.610. The van der Waals surface area contributed by atoms with Crippen molar-refractivity contribution in [3.05, 3.63) is 0 Å². The van der Waals surface area contributed by atoms with Gasteiger partial charge >= 0.3 is 0 Å². The predicted molar refractivity (Wildman–Crippen MR) is 56.8 cm³/mol. The number of amides is 1. The van der Waals surface area contributed by atoms with Gasteiger partial charge in [-0.2, -0.15) is 0 Å². The van der Waals surface area contributed by atoms with Crippen LogP contribution in [0, 0.1) is 0 Å². The van der Waals surface area contributed by atoms with Crippen LogP contribution in [0.5, 0.6) is 0 Å². The molecule has 0 aliphatic carbocycles. The van der Waals surface area contributed by atoms with E-state index in [4.69, 9.17) is 10.8 Å². The summed E-state index contributed by atoms with van der Waals surface area (Å²) >= 11 is 0. The second-order valence-electron chi connectivity index (χ2n) is 3.89.